The van der Waals surface area contributed by atoms with Crippen LogP contribution in [0.5, 0.6) is 0 Å². The topological polar surface area (TPSA) is 54.9 Å². The second-order valence-electron chi connectivity index (χ2n) is 5.67. The largest absolute Gasteiger partial charge is 0.328 e. The van der Waals surface area contributed by atoms with Crippen LogP contribution >= 0.6 is 12.6 Å². The summed E-state index contributed by atoms with van der Waals surface area (Å²) in [6, 6.07) is 0. The third-order valence-corrected chi connectivity index (χ3v) is 4.06. The first-order valence-corrected chi connectivity index (χ1v) is 8.69. The highest BCUT2D eigenvalue weighted by molar-refractivity contribution is 7.80. The number of aryl methyl sites for hydroxylation is 2. The Kier molecular flexibility index (Phi) is 9.22. The van der Waals surface area contributed by atoms with Crippen LogP contribution in [0.4, 0.5) is 0 Å². The molecule has 1 heterocycles. The van der Waals surface area contributed by atoms with Crippen LogP contribution in [-0.2, 0) is 6.54 Å². The van der Waals surface area contributed by atoms with Crippen molar-refractivity contribution in [2.45, 2.75) is 71.3 Å². The normalized spacial score (nSPS) is 11.0. The maximum atomic E-state index is 11.6. The molecular formula is C16H28N2O2S. The minimum Gasteiger partial charge on any atom is -0.300 e. The van der Waals surface area contributed by atoms with E-state index in [2.05, 4.69) is 17.6 Å². The molecule has 4 nitrogen and oxygen atoms in total. The molecule has 0 bridgehead atoms. The van der Waals surface area contributed by atoms with Gasteiger partial charge in [-0.15, -0.1) is 0 Å². The fourth-order valence-corrected chi connectivity index (χ4v) is 2.64. The minimum absolute atomic E-state index is 0.283. The molecule has 0 amide bonds. The lowest BCUT2D eigenvalue weighted by Gasteiger charge is -2.06. The van der Waals surface area contributed by atoms with Crippen molar-refractivity contribution in [3.63, 3.8) is 0 Å². The number of aromatic nitrogens is 2. The lowest BCUT2D eigenvalue weighted by molar-refractivity contribution is 0.528. The zero-order valence-corrected chi connectivity index (χ0v) is 14.0. The van der Waals surface area contributed by atoms with Crippen molar-refractivity contribution in [3.8, 4) is 0 Å². The number of aromatic amines is 1. The van der Waals surface area contributed by atoms with Crippen molar-refractivity contribution >= 4 is 12.6 Å². The van der Waals surface area contributed by atoms with Gasteiger partial charge >= 0.3 is 5.69 Å². The monoisotopic (exact) mass is 312 g/mol. The summed E-state index contributed by atoms with van der Waals surface area (Å²) in [6.07, 6.45) is 12.8. The maximum absolute atomic E-state index is 11.6. The van der Waals surface area contributed by atoms with Crippen LogP contribution in [0.2, 0.25) is 0 Å². The SMILES string of the molecule is Cc1cn(CCCCCCCCCCCS)c(=O)[nH]c1=O. The Bertz CT molecular complexity index is 508. The number of hydrogen-bond acceptors (Lipinski definition) is 3. The van der Waals surface area contributed by atoms with Gasteiger partial charge in [0, 0.05) is 18.3 Å². The lowest BCUT2D eigenvalue weighted by Crippen LogP contribution is -2.30. The Labute approximate surface area is 132 Å². The molecule has 1 aromatic rings. The Morgan fingerprint density at radius 3 is 2.05 bits per heavy atom. The van der Waals surface area contributed by atoms with Crippen LogP contribution in [0.15, 0.2) is 15.8 Å². The Morgan fingerprint density at radius 2 is 1.48 bits per heavy atom. The van der Waals surface area contributed by atoms with E-state index in [1.165, 1.54) is 44.9 Å². The summed E-state index contributed by atoms with van der Waals surface area (Å²) < 4.78 is 1.61. The third kappa shape index (κ3) is 7.55. The molecule has 0 atom stereocenters. The summed E-state index contributed by atoms with van der Waals surface area (Å²) >= 11 is 4.21. The molecule has 0 fully saturated rings. The highest BCUT2D eigenvalue weighted by atomic mass is 32.1. The fourth-order valence-electron chi connectivity index (χ4n) is 2.42. The fraction of sp³-hybridized carbons (Fsp3) is 0.750. The zero-order chi connectivity index (χ0) is 15.5. The summed E-state index contributed by atoms with van der Waals surface area (Å²) in [4.78, 5) is 25.2. The van der Waals surface area contributed by atoms with E-state index in [9.17, 15) is 9.59 Å². The molecule has 0 radical (unpaired) electrons. The molecule has 5 heteroatoms. The number of hydrogen-bond donors (Lipinski definition) is 2. The van der Waals surface area contributed by atoms with Crippen LogP contribution in [-0.4, -0.2) is 15.3 Å². The van der Waals surface area contributed by atoms with Crippen molar-refractivity contribution in [1.82, 2.24) is 9.55 Å². The average Bonchev–Trinajstić information content (AvgIpc) is 2.46. The van der Waals surface area contributed by atoms with Gasteiger partial charge in [-0.3, -0.25) is 9.78 Å². The van der Waals surface area contributed by atoms with Gasteiger partial charge in [0.2, 0.25) is 0 Å². The first-order chi connectivity index (χ1) is 10.1. The van der Waals surface area contributed by atoms with Gasteiger partial charge in [-0.1, -0.05) is 44.9 Å². The molecule has 0 aliphatic rings. The number of rotatable bonds is 11. The Balaban J connectivity index is 2.08. The predicted octanol–water partition coefficient (Wildman–Crippen LogP) is 3.29. The highest BCUT2D eigenvalue weighted by Crippen LogP contribution is 2.10. The lowest BCUT2D eigenvalue weighted by atomic mass is 10.1. The summed E-state index contributed by atoms with van der Waals surface area (Å²) in [7, 11) is 0. The molecule has 21 heavy (non-hydrogen) atoms. The summed E-state index contributed by atoms with van der Waals surface area (Å²) in [6.45, 7) is 2.42. The molecule has 0 aliphatic heterocycles. The maximum Gasteiger partial charge on any atom is 0.328 e. The Hall–Kier alpha value is -0.970. The van der Waals surface area contributed by atoms with Crippen LogP contribution in [0.25, 0.3) is 0 Å². The average molecular weight is 312 g/mol. The van der Waals surface area contributed by atoms with Gasteiger partial charge in [-0.05, 0) is 25.5 Å². The van der Waals surface area contributed by atoms with Gasteiger partial charge in [0.1, 0.15) is 0 Å². The van der Waals surface area contributed by atoms with Crippen molar-refractivity contribution < 1.29 is 0 Å². The van der Waals surface area contributed by atoms with Gasteiger partial charge in [0.25, 0.3) is 5.56 Å². The van der Waals surface area contributed by atoms with Gasteiger partial charge in [-0.2, -0.15) is 12.6 Å². The van der Waals surface area contributed by atoms with Gasteiger partial charge < -0.3 is 4.57 Å². The van der Waals surface area contributed by atoms with Gasteiger partial charge in [-0.25, -0.2) is 4.79 Å². The quantitative estimate of drug-likeness (QED) is 0.486. The van der Waals surface area contributed by atoms with Crippen molar-refractivity contribution in [3.05, 3.63) is 32.6 Å². The molecule has 120 valence electrons. The third-order valence-electron chi connectivity index (χ3n) is 3.75. The molecule has 0 saturated heterocycles. The van der Waals surface area contributed by atoms with Gasteiger partial charge in [0.15, 0.2) is 0 Å². The van der Waals surface area contributed by atoms with Crippen LogP contribution in [0, 0.1) is 6.92 Å². The molecule has 1 aromatic heterocycles. The van der Waals surface area contributed by atoms with E-state index < -0.39 is 0 Å². The standard InChI is InChI=1S/C16H28N2O2S/c1-14-13-18(16(20)17-15(14)19)11-9-7-5-3-2-4-6-8-10-12-21/h13,21H,2-12H2,1H3,(H,17,19,20). The van der Waals surface area contributed by atoms with Crippen molar-refractivity contribution in [1.29, 1.82) is 0 Å². The van der Waals surface area contributed by atoms with E-state index in [4.69, 9.17) is 0 Å². The molecule has 1 rings (SSSR count). The molecule has 0 aliphatic carbocycles. The summed E-state index contributed by atoms with van der Waals surface area (Å²) in [5.74, 6) is 1.00. The van der Waals surface area contributed by atoms with E-state index in [0.29, 0.717) is 12.1 Å². The number of nitrogens with one attached hydrogen (secondary N) is 1. The van der Waals surface area contributed by atoms with Crippen LogP contribution < -0.4 is 11.2 Å². The number of unbranched alkanes of at least 4 members (excludes halogenated alkanes) is 8. The molecule has 1 N–H and O–H groups in total. The summed E-state index contributed by atoms with van der Waals surface area (Å²) in [5, 5.41) is 0. The Morgan fingerprint density at radius 1 is 0.952 bits per heavy atom. The second kappa shape index (κ2) is 10.7. The molecule has 0 spiro atoms. The molecular weight excluding hydrogens is 284 g/mol. The van der Waals surface area contributed by atoms with Gasteiger partial charge in [0.05, 0.1) is 0 Å². The minimum atomic E-state index is -0.296. The van der Waals surface area contributed by atoms with E-state index in [0.717, 1.165) is 18.6 Å². The molecule has 0 saturated carbocycles. The van der Waals surface area contributed by atoms with Crippen LogP contribution in [0.1, 0.15) is 63.4 Å². The molecule has 0 unspecified atom stereocenters. The van der Waals surface area contributed by atoms with E-state index in [1.807, 2.05) is 0 Å². The number of H-pyrrole nitrogens is 1. The number of thiol groups is 1. The van der Waals surface area contributed by atoms with E-state index in [-0.39, 0.29) is 11.2 Å². The zero-order valence-electron chi connectivity index (χ0n) is 13.1. The smallest absolute Gasteiger partial charge is 0.300 e. The van der Waals surface area contributed by atoms with Crippen molar-refractivity contribution in [2.75, 3.05) is 5.75 Å². The van der Waals surface area contributed by atoms with Crippen molar-refractivity contribution in [2.24, 2.45) is 0 Å². The molecule has 0 aromatic carbocycles. The first-order valence-electron chi connectivity index (χ1n) is 8.06. The van der Waals surface area contributed by atoms with E-state index >= 15 is 0 Å². The first kappa shape index (κ1) is 18.1. The predicted molar refractivity (Wildman–Crippen MR) is 91.5 cm³/mol. The van der Waals surface area contributed by atoms with E-state index in [1.54, 1.807) is 17.7 Å². The summed E-state index contributed by atoms with van der Waals surface area (Å²) in [5.41, 5.74) is 0.0137. The highest BCUT2D eigenvalue weighted by Gasteiger charge is 2.00. The number of nitrogens with zero attached hydrogens (tertiary/aromatic N) is 1. The second-order valence-corrected chi connectivity index (χ2v) is 6.12. The van der Waals surface area contributed by atoms with Crippen LogP contribution in [0.3, 0.4) is 0 Å².